The molecule has 0 aliphatic heterocycles. The summed E-state index contributed by atoms with van der Waals surface area (Å²) < 4.78 is 30.1. The fraction of sp³-hybridized carbons (Fsp3) is 0.500. The molecule has 7 nitrogen and oxygen atoms in total. The minimum absolute atomic E-state index is 0.0417. The molecule has 1 N–H and O–H groups in total. The number of carbonyl (C=O) groups excluding carboxylic acids is 1. The van der Waals surface area contributed by atoms with E-state index in [-0.39, 0.29) is 18.2 Å². The molecule has 24 heavy (non-hydrogen) atoms. The van der Waals surface area contributed by atoms with Crippen LogP contribution < -0.4 is 5.32 Å². The van der Waals surface area contributed by atoms with Gasteiger partial charge in [0.1, 0.15) is 18.1 Å². The van der Waals surface area contributed by atoms with E-state index in [4.69, 9.17) is 4.74 Å². The SMILES string of the molecule is CCOCCCNC(=O)Cn1c(CS(C)(=O)=O)nc2ccccc21. The highest BCUT2D eigenvalue weighted by Gasteiger charge is 2.17. The first-order valence-electron chi connectivity index (χ1n) is 7.87. The standard InChI is InChI=1S/C16H23N3O4S/c1-3-23-10-6-9-17-16(20)11-19-14-8-5-4-7-13(14)18-15(19)12-24(2,21)22/h4-5,7-8H,3,6,9-12H2,1-2H3,(H,17,20). The number of sulfone groups is 1. The van der Waals surface area contributed by atoms with Crippen LogP contribution >= 0.6 is 0 Å². The number of fused-ring (bicyclic) bond motifs is 1. The fourth-order valence-corrected chi connectivity index (χ4v) is 3.08. The second-order valence-corrected chi connectivity index (χ2v) is 7.71. The lowest BCUT2D eigenvalue weighted by molar-refractivity contribution is -0.121. The number of amides is 1. The van der Waals surface area contributed by atoms with Crippen molar-refractivity contribution in [2.24, 2.45) is 0 Å². The van der Waals surface area contributed by atoms with E-state index in [9.17, 15) is 13.2 Å². The second kappa shape index (κ2) is 8.25. The van der Waals surface area contributed by atoms with Crippen LogP contribution in [0.25, 0.3) is 11.0 Å². The predicted molar refractivity (Wildman–Crippen MR) is 92.4 cm³/mol. The van der Waals surface area contributed by atoms with E-state index in [0.29, 0.717) is 31.1 Å². The highest BCUT2D eigenvalue weighted by atomic mass is 32.2. The maximum atomic E-state index is 12.2. The third-order valence-corrected chi connectivity index (χ3v) is 4.20. The molecular weight excluding hydrogens is 330 g/mol. The van der Waals surface area contributed by atoms with E-state index in [1.165, 1.54) is 0 Å². The first-order valence-corrected chi connectivity index (χ1v) is 9.93. The topological polar surface area (TPSA) is 90.3 Å². The van der Waals surface area contributed by atoms with Crippen molar-refractivity contribution < 1.29 is 17.9 Å². The Morgan fingerprint density at radius 2 is 2.08 bits per heavy atom. The fourth-order valence-electron chi connectivity index (χ4n) is 2.39. The summed E-state index contributed by atoms with van der Waals surface area (Å²) in [4.78, 5) is 16.5. The number of rotatable bonds is 9. The molecule has 0 aliphatic rings. The molecule has 0 saturated carbocycles. The minimum Gasteiger partial charge on any atom is -0.382 e. The molecule has 2 aromatic rings. The van der Waals surface area contributed by atoms with Gasteiger partial charge in [-0.15, -0.1) is 0 Å². The van der Waals surface area contributed by atoms with Crippen molar-refractivity contribution in [1.29, 1.82) is 0 Å². The van der Waals surface area contributed by atoms with Crippen LogP contribution in [0.2, 0.25) is 0 Å². The lowest BCUT2D eigenvalue weighted by atomic mass is 10.3. The molecule has 0 bridgehead atoms. The number of carbonyl (C=O) groups is 1. The molecule has 0 spiro atoms. The van der Waals surface area contributed by atoms with Gasteiger partial charge in [-0.25, -0.2) is 13.4 Å². The number of hydrogen-bond acceptors (Lipinski definition) is 5. The smallest absolute Gasteiger partial charge is 0.240 e. The normalized spacial score (nSPS) is 11.8. The summed E-state index contributed by atoms with van der Waals surface area (Å²) in [6, 6.07) is 7.30. The summed E-state index contributed by atoms with van der Waals surface area (Å²) in [6.45, 7) is 3.74. The molecule has 0 fully saturated rings. The maximum Gasteiger partial charge on any atom is 0.240 e. The highest BCUT2D eigenvalue weighted by molar-refractivity contribution is 7.89. The van der Waals surface area contributed by atoms with E-state index < -0.39 is 9.84 Å². The first kappa shape index (κ1) is 18.4. The quantitative estimate of drug-likeness (QED) is 0.682. The van der Waals surface area contributed by atoms with Crippen molar-refractivity contribution in [1.82, 2.24) is 14.9 Å². The van der Waals surface area contributed by atoms with E-state index in [1.54, 1.807) is 10.6 Å². The second-order valence-electron chi connectivity index (χ2n) is 5.57. The van der Waals surface area contributed by atoms with Gasteiger partial charge in [0.2, 0.25) is 5.91 Å². The van der Waals surface area contributed by atoms with Gasteiger partial charge >= 0.3 is 0 Å². The highest BCUT2D eigenvalue weighted by Crippen LogP contribution is 2.17. The molecule has 8 heteroatoms. The Kier molecular flexibility index (Phi) is 6.33. The third kappa shape index (κ3) is 5.31. The van der Waals surface area contributed by atoms with Crippen LogP contribution in [0.4, 0.5) is 0 Å². The summed E-state index contributed by atoms with van der Waals surface area (Å²) in [5.74, 6) is 0.00631. The van der Waals surface area contributed by atoms with Crippen molar-refractivity contribution >= 4 is 26.8 Å². The third-order valence-electron chi connectivity index (χ3n) is 3.42. The minimum atomic E-state index is -3.24. The summed E-state index contributed by atoms with van der Waals surface area (Å²) >= 11 is 0. The summed E-state index contributed by atoms with van der Waals surface area (Å²) in [5.41, 5.74) is 1.43. The maximum absolute atomic E-state index is 12.2. The number of hydrogen-bond donors (Lipinski definition) is 1. The number of nitrogens with one attached hydrogen (secondary N) is 1. The van der Waals surface area contributed by atoms with E-state index in [1.807, 2.05) is 25.1 Å². The van der Waals surface area contributed by atoms with Gasteiger partial charge < -0.3 is 14.6 Å². The zero-order chi connectivity index (χ0) is 17.6. The Bertz CT molecular complexity index is 799. The van der Waals surface area contributed by atoms with Gasteiger partial charge in [-0.05, 0) is 25.5 Å². The molecule has 0 radical (unpaired) electrons. The molecule has 0 saturated heterocycles. The predicted octanol–water partition coefficient (Wildman–Crippen LogP) is 1.12. The van der Waals surface area contributed by atoms with Gasteiger partial charge in [0.05, 0.1) is 11.0 Å². The molecule has 0 atom stereocenters. The van der Waals surface area contributed by atoms with Gasteiger partial charge in [-0.2, -0.15) is 0 Å². The average molecular weight is 353 g/mol. The molecule has 0 unspecified atom stereocenters. The van der Waals surface area contributed by atoms with Gasteiger partial charge in [-0.1, -0.05) is 12.1 Å². The van der Waals surface area contributed by atoms with Gasteiger partial charge in [0.25, 0.3) is 0 Å². The van der Waals surface area contributed by atoms with Crippen LogP contribution in [0.3, 0.4) is 0 Å². The van der Waals surface area contributed by atoms with Crippen LogP contribution in [0, 0.1) is 0 Å². The Hall–Kier alpha value is -1.93. The van der Waals surface area contributed by atoms with Crippen molar-refractivity contribution in [3.8, 4) is 0 Å². The van der Waals surface area contributed by atoms with E-state index in [2.05, 4.69) is 10.3 Å². The van der Waals surface area contributed by atoms with Crippen LogP contribution in [0.1, 0.15) is 19.2 Å². The number of nitrogens with zero attached hydrogens (tertiary/aromatic N) is 2. The Balaban J connectivity index is 2.11. The average Bonchev–Trinajstić information content (AvgIpc) is 2.83. The summed E-state index contributed by atoms with van der Waals surface area (Å²) in [5, 5.41) is 2.82. The van der Waals surface area contributed by atoms with Crippen LogP contribution in [0.5, 0.6) is 0 Å². The van der Waals surface area contributed by atoms with E-state index in [0.717, 1.165) is 18.2 Å². The Morgan fingerprint density at radius 3 is 2.79 bits per heavy atom. The van der Waals surface area contributed by atoms with Crippen molar-refractivity contribution in [2.45, 2.75) is 25.6 Å². The Morgan fingerprint density at radius 1 is 1.33 bits per heavy atom. The van der Waals surface area contributed by atoms with Gasteiger partial charge in [0.15, 0.2) is 9.84 Å². The zero-order valence-electron chi connectivity index (χ0n) is 14.0. The number of ether oxygens (including phenoxy) is 1. The number of aromatic nitrogens is 2. The van der Waals surface area contributed by atoms with Gasteiger partial charge in [-0.3, -0.25) is 4.79 Å². The molecule has 1 aromatic heterocycles. The first-order chi connectivity index (χ1) is 11.4. The Labute approximate surface area is 141 Å². The molecule has 1 heterocycles. The van der Waals surface area contributed by atoms with Gasteiger partial charge in [0, 0.05) is 26.0 Å². The molecule has 1 aromatic carbocycles. The summed E-state index contributed by atoms with van der Waals surface area (Å²) in [6.07, 6.45) is 1.89. The summed E-state index contributed by atoms with van der Waals surface area (Å²) in [7, 11) is -3.24. The number of benzene rings is 1. The number of imidazole rings is 1. The molecular formula is C16H23N3O4S. The van der Waals surface area contributed by atoms with E-state index >= 15 is 0 Å². The molecule has 1 amide bonds. The van der Waals surface area contributed by atoms with Crippen LogP contribution in [0.15, 0.2) is 24.3 Å². The molecule has 0 aliphatic carbocycles. The molecule has 132 valence electrons. The lowest BCUT2D eigenvalue weighted by Gasteiger charge is -2.10. The van der Waals surface area contributed by atoms with Crippen molar-refractivity contribution in [3.63, 3.8) is 0 Å². The monoisotopic (exact) mass is 353 g/mol. The van der Waals surface area contributed by atoms with Crippen LogP contribution in [-0.2, 0) is 31.7 Å². The van der Waals surface area contributed by atoms with Crippen molar-refractivity contribution in [2.75, 3.05) is 26.0 Å². The zero-order valence-corrected chi connectivity index (χ0v) is 14.8. The van der Waals surface area contributed by atoms with Crippen molar-refractivity contribution in [3.05, 3.63) is 30.1 Å². The number of para-hydroxylation sites is 2. The largest absolute Gasteiger partial charge is 0.382 e. The lowest BCUT2D eigenvalue weighted by Crippen LogP contribution is -2.29. The molecule has 2 rings (SSSR count). The van der Waals surface area contributed by atoms with Crippen LogP contribution in [-0.4, -0.2) is 49.9 Å².